The lowest BCUT2D eigenvalue weighted by molar-refractivity contribution is -0.214. The highest BCUT2D eigenvalue weighted by atomic mass is 16.5. The lowest BCUT2D eigenvalue weighted by atomic mass is 9.33. The van der Waals surface area contributed by atoms with E-state index in [1.54, 1.807) is 19.6 Å². The minimum absolute atomic E-state index is 0.0117. The molecule has 37 heavy (non-hydrogen) atoms. The molecule has 0 saturated heterocycles. The number of rotatable bonds is 2. The van der Waals surface area contributed by atoms with Crippen LogP contribution in [0.1, 0.15) is 113 Å². The second-order valence-corrected chi connectivity index (χ2v) is 15.3. The smallest absolute Gasteiger partial charge is 0.312 e. The molecule has 0 radical (unpaired) electrons. The van der Waals surface area contributed by atoms with E-state index in [0.717, 1.165) is 44.9 Å². The van der Waals surface area contributed by atoms with Crippen LogP contribution in [0, 0.1) is 56.7 Å². The number of allylic oxidation sites excluding steroid dienone is 2. The fraction of sp³-hybridized carbons (Fsp3) is 0.879. The van der Waals surface area contributed by atoms with E-state index in [9.17, 15) is 9.59 Å². The molecule has 4 heteroatoms. The van der Waals surface area contributed by atoms with Crippen LogP contribution in [-0.4, -0.2) is 25.2 Å². The largest absolute Gasteiger partial charge is 0.469 e. The molecule has 10 atom stereocenters. The van der Waals surface area contributed by atoms with Crippen molar-refractivity contribution in [2.75, 3.05) is 7.11 Å². The van der Waals surface area contributed by atoms with E-state index in [1.165, 1.54) is 12.8 Å². The van der Waals surface area contributed by atoms with Crippen molar-refractivity contribution in [1.82, 2.24) is 0 Å². The van der Waals surface area contributed by atoms with Crippen LogP contribution in [0.15, 0.2) is 11.6 Å². The van der Waals surface area contributed by atoms with Gasteiger partial charge in [0.15, 0.2) is 0 Å². The first-order valence-electron chi connectivity index (χ1n) is 15.2. The summed E-state index contributed by atoms with van der Waals surface area (Å²) in [6, 6.07) is 0. The maximum atomic E-state index is 13.4. The Balaban J connectivity index is 1.57. The number of carbonyl (C=O) groups excluding carboxylic acids is 2. The first-order valence-corrected chi connectivity index (χ1v) is 15.2. The molecule has 0 spiro atoms. The third-order valence-electron chi connectivity index (χ3n) is 13.8. The summed E-state index contributed by atoms with van der Waals surface area (Å²) in [5.74, 6) is 2.45. The summed E-state index contributed by atoms with van der Waals surface area (Å²) in [6.07, 6.45) is 12.4. The Bertz CT molecular complexity index is 996. The van der Waals surface area contributed by atoms with Crippen molar-refractivity contribution < 1.29 is 19.1 Å². The summed E-state index contributed by atoms with van der Waals surface area (Å²) in [5.41, 5.74) is 1.76. The molecule has 0 heterocycles. The molecule has 4 saturated carbocycles. The van der Waals surface area contributed by atoms with Crippen LogP contribution in [0.3, 0.4) is 0 Å². The summed E-state index contributed by atoms with van der Waals surface area (Å²) in [7, 11) is 1.59. The lowest BCUT2D eigenvalue weighted by Crippen LogP contribution is -2.65. The number of ether oxygens (including phenoxy) is 2. The molecule has 0 aliphatic heterocycles. The molecule has 0 amide bonds. The van der Waals surface area contributed by atoms with E-state index in [0.29, 0.717) is 29.6 Å². The van der Waals surface area contributed by atoms with Crippen LogP contribution < -0.4 is 0 Å². The third kappa shape index (κ3) is 3.45. The summed E-state index contributed by atoms with van der Waals surface area (Å²) in [5, 5.41) is 0. The van der Waals surface area contributed by atoms with Crippen LogP contribution in [0.2, 0.25) is 0 Å². The average molecular weight is 513 g/mol. The molecule has 0 aromatic rings. The van der Waals surface area contributed by atoms with Crippen LogP contribution in [0.4, 0.5) is 0 Å². The number of esters is 2. The normalized spacial score (nSPS) is 50.4. The van der Waals surface area contributed by atoms with Gasteiger partial charge in [0, 0.05) is 12.3 Å². The monoisotopic (exact) mass is 512 g/mol. The Morgan fingerprint density at radius 2 is 1.59 bits per heavy atom. The Morgan fingerprint density at radius 3 is 2.24 bits per heavy atom. The quantitative estimate of drug-likeness (QED) is 0.280. The number of carbonyl (C=O) groups is 2. The topological polar surface area (TPSA) is 52.6 Å². The zero-order chi connectivity index (χ0) is 27.2. The highest BCUT2D eigenvalue weighted by Gasteiger charge is 2.69. The van der Waals surface area contributed by atoms with E-state index in [4.69, 9.17) is 9.47 Å². The highest BCUT2D eigenvalue weighted by molar-refractivity contribution is 5.78. The van der Waals surface area contributed by atoms with E-state index in [1.807, 2.05) is 0 Å². The van der Waals surface area contributed by atoms with Gasteiger partial charge in [-0.2, -0.15) is 0 Å². The first-order chi connectivity index (χ1) is 17.2. The molecule has 0 N–H and O–H groups in total. The Kier molecular flexibility index (Phi) is 6.33. The van der Waals surface area contributed by atoms with Gasteiger partial charge in [0.2, 0.25) is 0 Å². The van der Waals surface area contributed by atoms with Crippen molar-refractivity contribution in [2.45, 2.75) is 119 Å². The van der Waals surface area contributed by atoms with Gasteiger partial charge >= 0.3 is 11.9 Å². The molecular formula is C33H52O4. The minimum atomic E-state index is -0.347. The van der Waals surface area contributed by atoms with Crippen molar-refractivity contribution in [3.05, 3.63) is 11.6 Å². The fourth-order valence-electron chi connectivity index (χ4n) is 11.4. The van der Waals surface area contributed by atoms with Gasteiger partial charge < -0.3 is 9.47 Å². The molecule has 0 unspecified atom stereocenters. The molecule has 5 aliphatic rings. The highest BCUT2D eigenvalue weighted by Crippen LogP contribution is 2.76. The zero-order valence-electron chi connectivity index (χ0n) is 25.0. The van der Waals surface area contributed by atoms with Crippen LogP contribution in [0.5, 0.6) is 0 Å². The molecule has 208 valence electrons. The summed E-state index contributed by atoms with van der Waals surface area (Å²) >= 11 is 0. The summed E-state index contributed by atoms with van der Waals surface area (Å²) < 4.78 is 11.4. The van der Waals surface area contributed by atoms with Gasteiger partial charge in [0.05, 0.1) is 12.5 Å². The Hall–Kier alpha value is -1.32. The molecule has 4 fully saturated rings. The minimum Gasteiger partial charge on any atom is -0.469 e. The number of hydrogen-bond donors (Lipinski definition) is 0. The number of hydrogen-bond acceptors (Lipinski definition) is 4. The Morgan fingerprint density at radius 1 is 0.892 bits per heavy atom. The average Bonchev–Trinajstić information content (AvgIpc) is 2.83. The van der Waals surface area contributed by atoms with Crippen LogP contribution in [-0.2, 0) is 19.1 Å². The van der Waals surface area contributed by atoms with Crippen molar-refractivity contribution in [3.8, 4) is 0 Å². The van der Waals surface area contributed by atoms with E-state index < -0.39 is 0 Å². The molecule has 5 aliphatic carbocycles. The lowest BCUT2D eigenvalue weighted by Gasteiger charge is -2.71. The van der Waals surface area contributed by atoms with Gasteiger partial charge in [-0.1, -0.05) is 60.1 Å². The van der Waals surface area contributed by atoms with Crippen molar-refractivity contribution >= 4 is 11.9 Å². The molecule has 0 aromatic heterocycles. The molecular weight excluding hydrogens is 460 g/mol. The molecule has 5 rings (SSSR count). The predicted molar refractivity (Wildman–Crippen MR) is 147 cm³/mol. The second-order valence-electron chi connectivity index (χ2n) is 15.3. The predicted octanol–water partition coefficient (Wildman–Crippen LogP) is 7.75. The molecule has 0 bridgehead atoms. The second kappa shape index (κ2) is 8.59. The van der Waals surface area contributed by atoms with Gasteiger partial charge in [-0.05, 0) is 104 Å². The zero-order valence-corrected chi connectivity index (χ0v) is 25.0. The third-order valence-corrected chi connectivity index (χ3v) is 13.8. The number of fused-ring (bicyclic) bond motifs is 7. The molecule has 0 aromatic carbocycles. The van der Waals surface area contributed by atoms with E-state index in [-0.39, 0.29) is 45.1 Å². The summed E-state index contributed by atoms with van der Waals surface area (Å²) in [6.45, 7) is 18.8. The van der Waals surface area contributed by atoms with Crippen LogP contribution >= 0.6 is 0 Å². The van der Waals surface area contributed by atoms with Crippen molar-refractivity contribution in [1.29, 1.82) is 0 Å². The molecule has 4 nitrogen and oxygen atoms in total. The van der Waals surface area contributed by atoms with E-state index in [2.05, 4.69) is 54.5 Å². The van der Waals surface area contributed by atoms with Gasteiger partial charge in [-0.25, -0.2) is 0 Å². The first kappa shape index (κ1) is 27.3. The van der Waals surface area contributed by atoms with Crippen LogP contribution in [0.25, 0.3) is 0 Å². The standard InChI is InChI=1S/C33H52O4/c1-20-12-17-33(28(35)36-9)19-18-31(7)23(27(33)21(20)2)10-11-25-30(6)15-14-26(37-22(3)34)29(4,5)24(30)13-16-32(25,31)8/h10,20-21,24-27H,11-19H2,1-9H3/t20-,21+,24-,25+,26-,27-,30-,31-,32-,33+/m1/s1. The maximum Gasteiger partial charge on any atom is 0.312 e. The van der Waals surface area contributed by atoms with Gasteiger partial charge in [-0.15, -0.1) is 0 Å². The number of methoxy groups -OCH3 is 1. The van der Waals surface area contributed by atoms with Crippen molar-refractivity contribution in [2.24, 2.45) is 56.7 Å². The fourth-order valence-corrected chi connectivity index (χ4v) is 11.4. The Labute approximate surface area is 225 Å². The van der Waals surface area contributed by atoms with E-state index >= 15 is 0 Å². The SMILES string of the molecule is COC(=O)[C@]12CC[C@@H](C)[C@H](C)[C@@H]1C1=CC[C@H]3[C@]4(C)CC[C@@H](OC(C)=O)C(C)(C)[C@H]4CC[C@@]3(C)[C@]1(C)CC2. The van der Waals surface area contributed by atoms with Gasteiger partial charge in [0.25, 0.3) is 0 Å². The summed E-state index contributed by atoms with van der Waals surface area (Å²) in [4.78, 5) is 25.4. The van der Waals surface area contributed by atoms with Gasteiger partial charge in [0.1, 0.15) is 6.10 Å². The maximum absolute atomic E-state index is 13.4. The van der Waals surface area contributed by atoms with Gasteiger partial charge in [-0.3, -0.25) is 9.59 Å². The van der Waals surface area contributed by atoms with Crippen molar-refractivity contribution in [3.63, 3.8) is 0 Å².